The first-order chi connectivity index (χ1) is 9.65. The van der Waals surface area contributed by atoms with Crippen LogP contribution in [0.2, 0.25) is 0 Å². The summed E-state index contributed by atoms with van der Waals surface area (Å²) >= 11 is 0. The van der Waals surface area contributed by atoms with Crippen LogP contribution in [0.15, 0.2) is 24.4 Å². The van der Waals surface area contributed by atoms with Gasteiger partial charge in [-0.1, -0.05) is 12.1 Å². The minimum absolute atomic E-state index is 0.0678. The van der Waals surface area contributed by atoms with Crippen LogP contribution in [-0.2, 0) is 4.79 Å². The molecule has 20 heavy (non-hydrogen) atoms. The number of carboxylic acids is 1. The molecule has 1 heterocycles. The first kappa shape index (κ1) is 12.7. The van der Waals surface area contributed by atoms with Crippen LogP contribution in [-0.4, -0.2) is 33.2 Å². The van der Waals surface area contributed by atoms with E-state index in [1.54, 1.807) is 12.3 Å². The van der Waals surface area contributed by atoms with Crippen LogP contribution in [0.4, 0.5) is 0 Å². The monoisotopic (exact) mass is 273 g/mol. The molecule has 1 saturated carbocycles. The summed E-state index contributed by atoms with van der Waals surface area (Å²) < 4.78 is 0. The Morgan fingerprint density at radius 2 is 2.20 bits per heavy atom. The summed E-state index contributed by atoms with van der Waals surface area (Å²) in [5, 5.41) is 19.5. The predicted octanol–water partition coefficient (Wildman–Crippen LogP) is 1.55. The zero-order valence-corrected chi connectivity index (χ0v) is 10.8. The maximum Gasteiger partial charge on any atom is 0.306 e. The molecule has 6 heteroatoms. The number of para-hydroxylation sites is 1. The Kier molecular flexibility index (Phi) is 3.14. The summed E-state index contributed by atoms with van der Waals surface area (Å²) in [5.74, 6) is -1.31. The molecule has 0 spiro atoms. The molecule has 3 N–H and O–H groups in total. The van der Waals surface area contributed by atoms with Crippen molar-refractivity contribution in [3.05, 3.63) is 30.0 Å². The lowest BCUT2D eigenvalue weighted by molar-refractivity contribution is -0.141. The molecule has 2 unspecified atom stereocenters. The fourth-order valence-electron chi connectivity index (χ4n) is 2.76. The van der Waals surface area contributed by atoms with Crippen molar-refractivity contribution in [1.29, 1.82) is 0 Å². The number of aromatic nitrogens is 2. The van der Waals surface area contributed by atoms with E-state index in [9.17, 15) is 9.59 Å². The molecular formula is C14H15N3O3. The predicted molar refractivity (Wildman–Crippen MR) is 72.3 cm³/mol. The van der Waals surface area contributed by atoms with Gasteiger partial charge in [-0.15, -0.1) is 0 Å². The van der Waals surface area contributed by atoms with Gasteiger partial charge in [0.2, 0.25) is 0 Å². The van der Waals surface area contributed by atoms with Gasteiger partial charge in [0.25, 0.3) is 5.91 Å². The van der Waals surface area contributed by atoms with Crippen LogP contribution in [0.1, 0.15) is 29.6 Å². The number of amides is 1. The maximum absolute atomic E-state index is 12.3. The van der Waals surface area contributed by atoms with E-state index < -0.39 is 5.97 Å². The summed E-state index contributed by atoms with van der Waals surface area (Å²) in [6, 6.07) is 5.36. The van der Waals surface area contributed by atoms with Crippen molar-refractivity contribution in [3.8, 4) is 0 Å². The average Bonchev–Trinajstić information content (AvgIpc) is 3.05. The van der Waals surface area contributed by atoms with Gasteiger partial charge in [-0.3, -0.25) is 14.7 Å². The number of benzene rings is 1. The molecule has 104 valence electrons. The smallest absolute Gasteiger partial charge is 0.306 e. The van der Waals surface area contributed by atoms with Crippen LogP contribution in [0.3, 0.4) is 0 Å². The van der Waals surface area contributed by atoms with Crippen molar-refractivity contribution in [2.45, 2.75) is 25.3 Å². The Morgan fingerprint density at radius 1 is 1.35 bits per heavy atom. The van der Waals surface area contributed by atoms with E-state index in [-0.39, 0.29) is 17.9 Å². The van der Waals surface area contributed by atoms with E-state index in [1.807, 2.05) is 12.1 Å². The fourth-order valence-corrected chi connectivity index (χ4v) is 2.76. The van der Waals surface area contributed by atoms with Gasteiger partial charge in [0.15, 0.2) is 0 Å². The first-order valence-electron chi connectivity index (χ1n) is 6.61. The number of rotatable bonds is 3. The maximum atomic E-state index is 12.3. The number of hydrogen-bond acceptors (Lipinski definition) is 3. The highest BCUT2D eigenvalue weighted by Crippen LogP contribution is 2.26. The van der Waals surface area contributed by atoms with E-state index in [1.165, 1.54) is 0 Å². The van der Waals surface area contributed by atoms with E-state index >= 15 is 0 Å². The van der Waals surface area contributed by atoms with Gasteiger partial charge in [-0.05, 0) is 25.3 Å². The van der Waals surface area contributed by atoms with Crippen LogP contribution in [0.25, 0.3) is 10.9 Å². The number of aromatic amines is 1. The van der Waals surface area contributed by atoms with Crippen molar-refractivity contribution in [2.24, 2.45) is 5.92 Å². The lowest BCUT2D eigenvalue weighted by Gasteiger charge is -2.12. The molecule has 3 rings (SSSR count). The molecule has 1 aromatic heterocycles. The molecule has 2 atom stereocenters. The summed E-state index contributed by atoms with van der Waals surface area (Å²) in [6.07, 6.45) is 3.50. The molecule has 6 nitrogen and oxygen atoms in total. The van der Waals surface area contributed by atoms with Crippen molar-refractivity contribution < 1.29 is 14.7 Å². The summed E-state index contributed by atoms with van der Waals surface area (Å²) in [4.78, 5) is 23.2. The van der Waals surface area contributed by atoms with Crippen molar-refractivity contribution in [3.63, 3.8) is 0 Å². The van der Waals surface area contributed by atoms with Gasteiger partial charge in [-0.2, -0.15) is 5.10 Å². The Bertz CT molecular complexity index is 664. The lowest BCUT2D eigenvalue weighted by Crippen LogP contribution is -2.33. The molecule has 1 aliphatic rings. The highest BCUT2D eigenvalue weighted by Gasteiger charge is 2.30. The van der Waals surface area contributed by atoms with Gasteiger partial charge >= 0.3 is 5.97 Å². The SMILES string of the molecule is O=C(NC1CCC(C(=O)O)C1)c1cccc2cn[nH]c12. The number of aliphatic carboxylic acids is 1. The third-order valence-electron chi connectivity index (χ3n) is 3.84. The molecule has 1 amide bonds. The van der Waals surface area contributed by atoms with Crippen LogP contribution in [0, 0.1) is 5.92 Å². The first-order valence-corrected chi connectivity index (χ1v) is 6.61. The molecule has 1 aliphatic carbocycles. The number of nitrogens with one attached hydrogen (secondary N) is 2. The molecule has 0 saturated heterocycles. The average molecular weight is 273 g/mol. The fraction of sp³-hybridized carbons (Fsp3) is 0.357. The zero-order valence-electron chi connectivity index (χ0n) is 10.8. The highest BCUT2D eigenvalue weighted by atomic mass is 16.4. The van der Waals surface area contributed by atoms with Gasteiger partial charge in [0, 0.05) is 11.4 Å². The second-order valence-corrected chi connectivity index (χ2v) is 5.16. The summed E-state index contributed by atoms with van der Waals surface area (Å²) in [7, 11) is 0. The minimum atomic E-state index is -0.780. The van der Waals surface area contributed by atoms with Crippen LogP contribution >= 0.6 is 0 Å². The number of nitrogens with zero attached hydrogens (tertiary/aromatic N) is 1. The van der Waals surface area contributed by atoms with Gasteiger partial charge in [-0.25, -0.2) is 0 Å². The standard InChI is InChI=1S/C14H15N3O3/c18-13(16-10-5-4-8(6-10)14(19)20)11-3-1-2-9-7-15-17-12(9)11/h1-3,7-8,10H,4-6H2,(H,15,17)(H,16,18)(H,19,20). The highest BCUT2D eigenvalue weighted by molar-refractivity contribution is 6.05. The van der Waals surface area contributed by atoms with E-state index in [2.05, 4.69) is 15.5 Å². The Labute approximate surface area is 115 Å². The molecular weight excluding hydrogens is 258 g/mol. The van der Waals surface area contributed by atoms with Gasteiger partial charge in [0.1, 0.15) is 0 Å². The molecule has 1 fully saturated rings. The number of fused-ring (bicyclic) bond motifs is 1. The zero-order chi connectivity index (χ0) is 14.1. The number of carbonyl (C=O) groups is 2. The Hall–Kier alpha value is -2.37. The molecule has 1 aromatic carbocycles. The second kappa shape index (κ2) is 4.96. The van der Waals surface area contributed by atoms with Crippen molar-refractivity contribution in [1.82, 2.24) is 15.5 Å². The molecule has 0 bridgehead atoms. The van der Waals surface area contributed by atoms with Gasteiger partial charge in [0.05, 0.1) is 23.2 Å². The van der Waals surface area contributed by atoms with E-state index in [0.717, 1.165) is 5.39 Å². The number of H-pyrrole nitrogens is 1. The number of carboxylic acid groups (broad SMARTS) is 1. The normalized spacial score (nSPS) is 22.0. The topological polar surface area (TPSA) is 95.1 Å². The van der Waals surface area contributed by atoms with E-state index in [0.29, 0.717) is 30.3 Å². The van der Waals surface area contributed by atoms with Crippen molar-refractivity contribution in [2.75, 3.05) is 0 Å². The second-order valence-electron chi connectivity index (χ2n) is 5.16. The summed E-state index contributed by atoms with van der Waals surface area (Å²) in [6.45, 7) is 0. The largest absolute Gasteiger partial charge is 0.481 e. The molecule has 0 aliphatic heterocycles. The van der Waals surface area contributed by atoms with Crippen LogP contribution in [0.5, 0.6) is 0 Å². The minimum Gasteiger partial charge on any atom is -0.481 e. The summed E-state index contributed by atoms with van der Waals surface area (Å²) in [5.41, 5.74) is 1.25. The quantitative estimate of drug-likeness (QED) is 0.790. The lowest BCUT2D eigenvalue weighted by atomic mass is 10.1. The molecule has 0 radical (unpaired) electrons. The molecule has 2 aromatic rings. The third kappa shape index (κ3) is 2.24. The number of carbonyl (C=O) groups excluding carboxylic acids is 1. The van der Waals surface area contributed by atoms with Crippen LogP contribution < -0.4 is 5.32 Å². The van der Waals surface area contributed by atoms with Crippen molar-refractivity contribution >= 4 is 22.8 Å². The van der Waals surface area contributed by atoms with Gasteiger partial charge < -0.3 is 10.4 Å². The van der Waals surface area contributed by atoms with E-state index in [4.69, 9.17) is 5.11 Å². The Balaban J connectivity index is 1.74. The Morgan fingerprint density at radius 3 is 2.95 bits per heavy atom. The third-order valence-corrected chi connectivity index (χ3v) is 3.84. The number of hydrogen-bond donors (Lipinski definition) is 3.